The average molecular weight is 436 g/mol. The minimum atomic E-state index is -0.600. The Balaban J connectivity index is 1.81. The summed E-state index contributed by atoms with van der Waals surface area (Å²) in [6, 6.07) is 14.9. The van der Waals surface area contributed by atoms with Crippen molar-refractivity contribution in [1.82, 2.24) is 15.3 Å². The fourth-order valence-corrected chi connectivity index (χ4v) is 4.50. The molecule has 0 bridgehead atoms. The number of rotatable bonds is 3. The number of nitrogens with one attached hydrogen (secondary N) is 1. The number of benzene rings is 2. The predicted molar refractivity (Wildman–Crippen MR) is 120 cm³/mol. The van der Waals surface area contributed by atoms with Crippen LogP contribution in [0.2, 0.25) is 5.02 Å². The molecule has 6 heteroatoms. The summed E-state index contributed by atoms with van der Waals surface area (Å²) < 4.78 is 28.4. The fourth-order valence-electron chi connectivity index (χ4n) is 4.28. The van der Waals surface area contributed by atoms with Gasteiger partial charge in [-0.3, -0.25) is 9.97 Å². The van der Waals surface area contributed by atoms with Gasteiger partial charge in [0, 0.05) is 40.4 Å². The third kappa shape index (κ3) is 3.80. The second kappa shape index (κ2) is 8.33. The Bertz CT molecular complexity index is 1270. The molecule has 4 aromatic rings. The van der Waals surface area contributed by atoms with E-state index >= 15 is 0 Å². The maximum absolute atomic E-state index is 14.8. The van der Waals surface area contributed by atoms with Crippen LogP contribution in [-0.2, 0) is 0 Å². The Morgan fingerprint density at radius 1 is 0.903 bits per heavy atom. The number of pyridine rings is 2. The van der Waals surface area contributed by atoms with Crippen molar-refractivity contribution in [2.45, 2.75) is 18.8 Å². The third-order valence-corrected chi connectivity index (χ3v) is 6.18. The quantitative estimate of drug-likeness (QED) is 0.406. The lowest BCUT2D eigenvalue weighted by Crippen LogP contribution is -2.27. The van der Waals surface area contributed by atoms with E-state index in [1.54, 1.807) is 6.20 Å². The molecule has 2 aromatic heterocycles. The fraction of sp³-hybridized carbons (Fsp3) is 0.200. The zero-order valence-electron chi connectivity index (χ0n) is 16.7. The molecule has 3 nitrogen and oxygen atoms in total. The van der Waals surface area contributed by atoms with Crippen LogP contribution in [0.3, 0.4) is 0 Å². The summed E-state index contributed by atoms with van der Waals surface area (Å²) in [5, 5.41) is 4.70. The summed E-state index contributed by atoms with van der Waals surface area (Å²) in [7, 11) is 0. The molecule has 0 amide bonds. The first-order chi connectivity index (χ1) is 15.1. The lowest BCUT2D eigenvalue weighted by molar-refractivity contribution is 0.454. The normalized spacial score (nSPS) is 14.8. The van der Waals surface area contributed by atoms with E-state index in [1.807, 2.05) is 36.4 Å². The number of aromatic nitrogens is 2. The number of fused-ring (bicyclic) bond motifs is 1. The summed E-state index contributed by atoms with van der Waals surface area (Å²) in [5.74, 6) is -0.941. The van der Waals surface area contributed by atoms with Crippen molar-refractivity contribution in [2.24, 2.45) is 0 Å². The first-order valence-corrected chi connectivity index (χ1v) is 10.7. The molecule has 0 atom stereocenters. The Kier molecular flexibility index (Phi) is 5.38. The smallest absolute Gasteiger partial charge is 0.133 e. The maximum Gasteiger partial charge on any atom is 0.133 e. The van der Waals surface area contributed by atoms with Crippen molar-refractivity contribution in [1.29, 1.82) is 0 Å². The number of hydrogen-bond donors (Lipinski definition) is 1. The van der Waals surface area contributed by atoms with Crippen LogP contribution in [0.15, 0.2) is 60.8 Å². The van der Waals surface area contributed by atoms with Crippen LogP contribution < -0.4 is 5.32 Å². The van der Waals surface area contributed by atoms with Crippen LogP contribution in [-0.4, -0.2) is 23.1 Å². The molecule has 31 heavy (non-hydrogen) atoms. The standard InChI is InChI=1S/C25H20ClF2N3/c26-21-4-2-1-3-19(21)24-25-18(9-12-30-24)20(17-6-5-16(27)13-22(17)28)14-23(31-25)15-7-10-29-11-8-15/h1-6,9,12-15,29H,7-8,10-11H2. The van der Waals surface area contributed by atoms with Gasteiger partial charge in [0.25, 0.3) is 0 Å². The molecular weight excluding hydrogens is 416 g/mol. The molecule has 0 aliphatic carbocycles. The number of halogens is 3. The van der Waals surface area contributed by atoms with Crippen molar-refractivity contribution >= 4 is 22.5 Å². The number of nitrogens with zero attached hydrogens (tertiary/aromatic N) is 2. The molecule has 5 rings (SSSR count). The molecule has 0 saturated carbocycles. The van der Waals surface area contributed by atoms with Crippen LogP contribution in [0.4, 0.5) is 8.78 Å². The van der Waals surface area contributed by atoms with Crippen LogP contribution in [0.5, 0.6) is 0 Å². The van der Waals surface area contributed by atoms with Gasteiger partial charge in [0.1, 0.15) is 11.6 Å². The van der Waals surface area contributed by atoms with Crippen LogP contribution in [0, 0.1) is 11.6 Å². The summed E-state index contributed by atoms with van der Waals surface area (Å²) >= 11 is 6.47. The molecule has 0 unspecified atom stereocenters. The van der Waals surface area contributed by atoms with Gasteiger partial charge in [-0.05, 0) is 61.8 Å². The van der Waals surface area contributed by atoms with E-state index in [2.05, 4.69) is 10.3 Å². The van der Waals surface area contributed by atoms with E-state index in [9.17, 15) is 8.78 Å². The molecule has 156 valence electrons. The molecule has 1 aliphatic heterocycles. The topological polar surface area (TPSA) is 37.8 Å². The second-order valence-corrected chi connectivity index (χ2v) is 8.19. The predicted octanol–water partition coefficient (Wildman–Crippen LogP) is 6.36. The second-order valence-electron chi connectivity index (χ2n) is 7.78. The van der Waals surface area contributed by atoms with Gasteiger partial charge in [-0.1, -0.05) is 29.8 Å². The molecule has 1 N–H and O–H groups in total. The van der Waals surface area contributed by atoms with E-state index in [4.69, 9.17) is 16.6 Å². The summed E-state index contributed by atoms with van der Waals surface area (Å²) in [5.41, 5.74) is 4.03. The first kappa shape index (κ1) is 20.0. The molecule has 1 fully saturated rings. The molecule has 2 aromatic carbocycles. The van der Waals surface area contributed by atoms with Gasteiger partial charge in [-0.25, -0.2) is 8.78 Å². The van der Waals surface area contributed by atoms with Crippen molar-refractivity contribution in [3.05, 3.63) is 83.1 Å². The molecule has 0 radical (unpaired) electrons. The Morgan fingerprint density at radius 2 is 1.71 bits per heavy atom. The van der Waals surface area contributed by atoms with Gasteiger partial charge < -0.3 is 5.32 Å². The molecule has 1 saturated heterocycles. The highest BCUT2D eigenvalue weighted by atomic mass is 35.5. The van der Waals surface area contributed by atoms with Gasteiger partial charge in [0.15, 0.2) is 0 Å². The highest BCUT2D eigenvalue weighted by molar-refractivity contribution is 6.33. The highest BCUT2D eigenvalue weighted by Gasteiger charge is 2.22. The number of hydrogen-bond acceptors (Lipinski definition) is 3. The minimum absolute atomic E-state index is 0.257. The number of piperidine rings is 1. The maximum atomic E-state index is 14.8. The van der Waals surface area contributed by atoms with Crippen LogP contribution in [0.1, 0.15) is 24.5 Å². The van der Waals surface area contributed by atoms with E-state index in [0.717, 1.165) is 48.6 Å². The van der Waals surface area contributed by atoms with Crippen molar-refractivity contribution in [3.63, 3.8) is 0 Å². The molecule has 0 spiro atoms. The monoisotopic (exact) mass is 435 g/mol. The van der Waals surface area contributed by atoms with Gasteiger partial charge in [-0.15, -0.1) is 0 Å². The molecular formula is C25H20ClF2N3. The lowest BCUT2D eigenvalue weighted by atomic mass is 9.90. The SMILES string of the molecule is Fc1ccc(-c2cc(C3CCNCC3)nc3c(-c4ccccc4Cl)nccc23)c(F)c1. The summed E-state index contributed by atoms with van der Waals surface area (Å²) in [6.45, 7) is 1.82. The Morgan fingerprint density at radius 3 is 2.48 bits per heavy atom. The van der Waals surface area contributed by atoms with Crippen molar-refractivity contribution in [2.75, 3.05) is 13.1 Å². The van der Waals surface area contributed by atoms with E-state index in [1.165, 1.54) is 12.1 Å². The average Bonchev–Trinajstić information content (AvgIpc) is 2.79. The Hall–Kier alpha value is -2.89. The minimum Gasteiger partial charge on any atom is -0.317 e. The molecule has 3 heterocycles. The zero-order valence-corrected chi connectivity index (χ0v) is 17.5. The van der Waals surface area contributed by atoms with Crippen molar-refractivity contribution in [3.8, 4) is 22.4 Å². The zero-order chi connectivity index (χ0) is 21.4. The van der Waals surface area contributed by atoms with Gasteiger partial charge in [0.2, 0.25) is 0 Å². The lowest BCUT2D eigenvalue weighted by Gasteiger charge is -2.23. The van der Waals surface area contributed by atoms with E-state index in [0.29, 0.717) is 27.4 Å². The highest BCUT2D eigenvalue weighted by Crippen LogP contribution is 2.38. The third-order valence-electron chi connectivity index (χ3n) is 5.86. The van der Waals surface area contributed by atoms with Gasteiger partial charge >= 0.3 is 0 Å². The van der Waals surface area contributed by atoms with E-state index in [-0.39, 0.29) is 5.92 Å². The van der Waals surface area contributed by atoms with E-state index < -0.39 is 11.6 Å². The summed E-state index contributed by atoms with van der Waals surface area (Å²) in [4.78, 5) is 9.59. The van der Waals surface area contributed by atoms with Crippen molar-refractivity contribution < 1.29 is 8.78 Å². The molecule has 1 aliphatic rings. The van der Waals surface area contributed by atoms with Crippen LogP contribution >= 0.6 is 11.6 Å². The van der Waals surface area contributed by atoms with Crippen LogP contribution in [0.25, 0.3) is 33.3 Å². The summed E-state index contributed by atoms with van der Waals surface area (Å²) in [6.07, 6.45) is 3.58. The first-order valence-electron chi connectivity index (χ1n) is 10.3. The van der Waals surface area contributed by atoms with Gasteiger partial charge in [-0.2, -0.15) is 0 Å². The van der Waals surface area contributed by atoms with Gasteiger partial charge in [0.05, 0.1) is 16.2 Å². The Labute approximate surface area is 184 Å². The largest absolute Gasteiger partial charge is 0.317 e.